The second-order valence-electron chi connectivity index (χ2n) is 7.06. The fraction of sp³-hybridized carbons (Fsp3) is 0.650. The highest BCUT2D eigenvalue weighted by molar-refractivity contribution is 5.78. The van der Waals surface area contributed by atoms with Gasteiger partial charge in [-0.3, -0.25) is 4.79 Å². The first-order valence-corrected chi connectivity index (χ1v) is 8.49. The molecule has 0 saturated carbocycles. The summed E-state index contributed by atoms with van der Waals surface area (Å²) >= 11 is 0. The van der Waals surface area contributed by atoms with E-state index in [2.05, 4.69) is 0 Å². The van der Waals surface area contributed by atoms with Gasteiger partial charge in [0.05, 0.1) is 33.1 Å². The van der Waals surface area contributed by atoms with Crippen LogP contribution in [-0.4, -0.2) is 53.4 Å². The summed E-state index contributed by atoms with van der Waals surface area (Å²) in [6.07, 6.45) is 1.22. The maximum absolute atomic E-state index is 12.7. The number of quaternary nitrogens is 1. The summed E-state index contributed by atoms with van der Waals surface area (Å²) in [6.45, 7) is -6.41. The highest BCUT2D eigenvalue weighted by atomic mass is 79.9. The van der Waals surface area contributed by atoms with E-state index in [1.165, 1.54) is 0 Å². The Labute approximate surface area is 171 Å². The number of aliphatic hydroxyl groups is 1. The smallest absolute Gasteiger partial charge is 0.316 e. The van der Waals surface area contributed by atoms with Crippen molar-refractivity contribution in [3.05, 3.63) is 35.9 Å². The average molecular weight is 419 g/mol. The molecule has 0 aromatic heterocycles. The minimum absolute atomic E-state index is 0. The zero-order valence-corrected chi connectivity index (χ0v) is 15.9. The molecular weight excluding hydrogens is 382 g/mol. The van der Waals surface area contributed by atoms with Gasteiger partial charge >= 0.3 is 5.97 Å². The second kappa shape index (κ2) is 8.19. The number of esters is 1. The van der Waals surface area contributed by atoms with E-state index in [1.807, 2.05) is 6.07 Å². The van der Waals surface area contributed by atoms with Crippen molar-refractivity contribution in [3.63, 3.8) is 0 Å². The summed E-state index contributed by atoms with van der Waals surface area (Å²) in [5.41, 5.74) is 0.643. The number of halogens is 1. The lowest BCUT2D eigenvalue weighted by Crippen LogP contribution is -3.00. The molecule has 3 unspecified atom stereocenters. The number of aliphatic hydroxyl groups excluding tert-OH is 1. The molecule has 2 aliphatic rings. The Balaban J connectivity index is 0.00000363. The normalized spacial score (nSPS) is 37.7. The van der Waals surface area contributed by atoms with Crippen molar-refractivity contribution in [2.45, 2.75) is 69.5 Å². The lowest BCUT2D eigenvalue weighted by Gasteiger charge is -2.49. The molecule has 140 valence electrons. The maximum Gasteiger partial charge on any atom is 0.316 e. The minimum Gasteiger partial charge on any atom is -1.00 e. The van der Waals surface area contributed by atoms with Crippen molar-refractivity contribution in [2.24, 2.45) is 0 Å². The molecule has 1 N–H and O–H groups in total. The number of benzene rings is 1. The van der Waals surface area contributed by atoms with E-state index in [9.17, 15) is 9.90 Å². The lowest BCUT2D eigenvalue weighted by atomic mass is 9.94. The molecule has 5 atom stereocenters. The number of ether oxygens (including phenoxy) is 1. The van der Waals surface area contributed by atoms with Gasteiger partial charge in [-0.25, -0.2) is 0 Å². The SMILES string of the molecule is [2H]C([2H])([2H])C([2H])(C([2H])([2H])[2H])[N+]1(C)[C@@H]2CC[C@H]1CC(OC(=O)C(CO)c1ccccc1)C2.[Br-]. The van der Waals surface area contributed by atoms with Crippen LogP contribution in [0.25, 0.3) is 0 Å². The quantitative estimate of drug-likeness (QED) is 0.534. The number of carbonyl (C=O) groups excluding carboxylic acids is 1. The van der Waals surface area contributed by atoms with Gasteiger partial charge in [-0.15, -0.1) is 0 Å². The van der Waals surface area contributed by atoms with Crippen LogP contribution in [0.4, 0.5) is 0 Å². The van der Waals surface area contributed by atoms with Crippen LogP contribution >= 0.6 is 0 Å². The zero-order valence-electron chi connectivity index (χ0n) is 21.3. The highest BCUT2D eigenvalue weighted by Gasteiger charge is 2.53. The molecule has 0 radical (unpaired) electrons. The summed E-state index contributed by atoms with van der Waals surface area (Å²) < 4.78 is 61.5. The molecule has 2 bridgehead atoms. The first-order chi connectivity index (χ1) is 14.3. The fourth-order valence-corrected chi connectivity index (χ4v) is 4.31. The summed E-state index contributed by atoms with van der Waals surface area (Å²) in [7, 11) is 1.56. The van der Waals surface area contributed by atoms with Crippen LogP contribution in [0.2, 0.25) is 0 Å². The van der Waals surface area contributed by atoms with Gasteiger partial charge in [0.15, 0.2) is 0 Å². The standard InChI is InChI=1S/C20H30NO3.BrH/c1-14(2)21(3)16-9-10-17(21)12-18(11-16)24-20(23)19(13-22)15-7-5-4-6-8-15;/h4-8,14,16-19,22H,9-13H2,1-3H3;1H/q+1;/p-1/t16-,17+,18?,19?,21?;/i1D3,2D3,14D;. The Morgan fingerprint density at radius 3 is 2.44 bits per heavy atom. The van der Waals surface area contributed by atoms with Crippen LogP contribution in [0.3, 0.4) is 0 Å². The predicted octanol–water partition coefficient (Wildman–Crippen LogP) is -0.142. The number of fused-ring (bicyclic) bond motifs is 2. The molecule has 25 heavy (non-hydrogen) atoms. The van der Waals surface area contributed by atoms with Gasteiger partial charge in [-0.05, 0) is 19.3 Å². The van der Waals surface area contributed by atoms with Crippen LogP contribution in [0.15, 0.2) is 30.3 Å². The molecule has 2 fully saturated rings. The third-order valence-electron chi connectivity index (χ3n) is 5.85. The summed E-state index contributed by atoms with van der Waals surface area (Å²) in [5.74, 6) is -1.38. The Morgan fingerprint density at radius 1 is 1.32 bits per heavy atom. The van der Waals surface area contributed by atoms with Gasteiger partial charge in [0, 0.05) is 33.9 Å². The highest BCUT2D eigenvalue weighted by Crippen LogP contribution is 2.44. The Bertz CT molecular complexity index is 775. The predicted molar refractivity (Wildman–Crippen MR) is 93.5 cm³/mol. The van der Waals surface area contributed by atoms with Crippen molar-refractivity contribution in [1.82, 2.24) is 0 Å². The Hall–Kier alpha value is -0.910. The second-order valence-corrected chi connectivity index (χ2v) is 7.06. The van der Waals surface area contributed by atoms with Crippen molar-refractivity contribution < 1.29 is 45.7 Å². The lowest BCUT2D eigenvalue weighted by molar-refractivity contribution is -0.968. The van der Waals surface area contributed by atoms with Gasteiger partial charge in [0.25, 0.3) is 0 Å². The van der Waals surface area contributed by atoms with Crippen LogP contribution in [0, 0.1) is 0 Å². The van der Waals surface area contributed by atoms with Gasteiger partial charge in [0.2, 0.25) is 0 Å². The molecule has 2 saturated heterocycles. The maximum atomic E-state index is 12.7. The van der Waals surface area contributed by atoms with E-state index in [0.29, 0.717) is 31.2 Å². The first-order valence-electron chi connectivity index (χ1n) is 12.0. The molecule has 0 amide bonds. The molecule has 1 aromatic carbocycles. The molecule has 1 aromatic rings. The van der Waals surface area contributed by atoms with Crippen molar-refractivity contribution in [3.8, 4) is 0 Å². The number of hydrogen-bond donors (Lipinski definition) is 1. The molecule has 2 heterocycles. The van der Waals surface area contributed by atoms with E-state index < -0.39 is 60.9 Å². The van der Waals surface area contributed by atoms with Crippen LogP contribution < -0.4 is 17.0 Å². The number of piperidine rings is 1. The summed E-state index contributed by atoms with van der Waals surface area (Å²) in [6, 6.07) is 5.32. The molecular formula is C20H30BrNO3. The zero-order chi connectivity index (χ0) is 23.2. The van der Waals surface area contributed by atoms with Crippen LogP contribution in [0.1, 0.15) is 60.5 Å². The van der Waals surface area contributed by atoms with Gasteiger partial charge in [-0.1, -0.05) is 30.3 Å². The van der Waals surface area contributed by atoms with Crippen LogP contribution in [-0.2, 0) is 9.53 Å². The summed E-state index contributed by atoms with van der Waals surface area (Å²) in [4.78, 5) is 12.7. The number of carbonyl (C=O) groups is 1. The Kier molecular flexibility index (Phi) is 4.09. The van der Waals surface area contributed by atoms with E-state index >= 15 is 0 Å². The van der Waals surface area contributed by atoms with Gasteiger partial charge in [-0.2, -0.15) is 0 Å². The molecule has 5 heteroatoms. The van der Waals surface area contributed by atoms with Crippen molar-refractivity contribution in [1.29, 1.82) is 0 Å². The first kappa shape index (κ1) is 12.5. The number of rotatable bonds is 5. The molecule has 0 aliphatic carbocycles. The Morgan fingerprint density at radius 2 is 1.92 bits per heavy atom. The van der Waals surface area contributed by atoms with Gasteiger partial charge < -0.3 is 31.3 Å². The van der Waals surface area contributed by atoms with Crippen molar-refractivity contribution in [2.75, 3.05) is 13.7 Å². The van der Waals surface area contributed by atoms with Crippen molar-refractivity contribution >= 4 is 5.97 Å². The number of nitrogens with zero attached hydrogens (tertiary/aromatic N) is 1. The average Bonchev–Trinajstić information content (AvgIpc) is 2.85. The molecule has 2 aliphatic heterocycles. The molecule has 4 nitrogen and oxygen atoms in total. The molecule has 0 spiro atoms. The van der Waals surface area contributed by atoms with E-state index in [-0.39, 0.29) is 17.0 Å². The monoisotopic (exact) mass is 418 g/mol. The van der Waals surface area contributed by atoms with E-state index in [1.54, 1.807) is 31.3 Å². The third kappa shape index (κ3) is 3.79. The third-order valence-corrected chi connectivity index (χ3v) is 5.85. The summed E-state index contributed by atoms with van der Waals surface area (Å²) in [5, 5.41) is 9.71. The minimum atomic E-state index is -3.01. The van der Waals surface area contributed by atoms with E-state index in [0.717, 1.165) is 0 Å². The number of hydrogen-bond acceptors (Lipinski definition) is 3. The van der Waals surface area contributed by atoms with Gasteiger partial charge in [0.1, 0.15) is 12.0 Å². The van der Waals surface area contributed by atoms with Crippen LogP contribution in [0.5, 0.6) is 0 Å². The largest absolute Gasteiger partial charge is 1.00 e. The van der Waals surface area contributed by atoms with E-state index in [4.69, 9.17) is 14.3 Å². The fourth-order valence-electron chi connectivity index (χ4n) is 4.31. The molecule has 3 rings (SSSR count). The topological polar surface area (TPSA) is 46.5 Å².